The van der Waals surface area contributed by atoms with E-state index < -0.39 is 0 Å². The lowest BCUT2D eigenvalue weighted by Gasteiger charge is -2.36. The van der Waals surface area contributed by atoms with Gasteiger partial charge in [-0.2, -0.15) is 0 Å². The number of nitrogens with one attached hydrogen (secondary N) is 1. The van der Waals surface area contributed by atoms with Gasteiger partial charge in [0.1, 0.15) is 0 Å². The quantitative estimate of drug-likeness (QED) is 0.855. The van der Waals surface area contributed by atoms with E-state index in [-0.39, 0.29) is 0 Å². The molecule has 0 amide bonds. The highest BCUT2D eigenvalue weighted by atomic mass is 15.3. The summed E-state index contributed by atoms with van der Waals surface area (Å²) in [6, 6.07) is 9.36. The zero-order chi connectivity index (χ0) is 12.4. The third kappa shape index (κ3) is 2.68. The van der Waals surface area contributed by atoms with E-state index in [1.807, 2.05) is 0 Å². The number of aryl methyl sites for hydroxylation is 1. The van der Waals surface area contributed by atoms with E-state index in [1.165, 1.54) is 56.8 Å². The van der Waals surface area contributed by atoms with Gasteiger partial charge in [0.15, 0.2) is 0 Å². The number of anilines is 1. The van der Waals surface area contributed by atoms with Crippen molar-refractivity contribution in [2.75, 3.05) is 45.1 Å². The Morgan fingerprint density at radius 1 is 1.17 bits per heavy atom. The van der Waals surface area contributed by atoms with Crippen molar-refractivity contribution in [2.45, 2.75) is 18.9 Å². The molecule has 98 valence electrons. The first-order valence-electron chi connectivity index (χ1n) is 7.06. The minimum atomic E-state index is 0.628. The summed E-state index contributed by atoms with van der Waals surface area (Å²) in [7, 11) is 2.21. The topological polar surface area (TPSA) is 18.5 Å². The molecule has 3 nitrogen and oxygen atoms in total. The monoisotopic (exact) mass is 245 g/mol. The Morgan fingerprint density at radius 2 is 1.94 bits per heavy atom. The number of piperazine rings is 1. The van der Waals surface area contributed by atoms with Gasteiger partial charge in [-0.1, -0.05) is 18.2 Å². The first-order chi connectivity index (χ1) is 8.81. The van der Waals surface area contributed by atoms with Gasteiger partial charge in [-0.05, 0) is 31.5 Å². The standard InChI is InChI=1S/C15H23N3/c1-17-8-10-18(11-9-17)12-14-7-6-13-4-2-3-5-15(13)16-14/h2-5,14,16H,6-12H2,1H3. The molecule has 1 aromatic carbocycles. The maximum Gasteiger partial charge on any atom is 0.0391 e. The van der Waals surface area contributed by atoms with Crippen molar-refractivity contribution in [1.82, 2.24) is 9.80 Å². The van der Waals surface area contributed by atoms with Crippen LogP contribution in [0.1, 0.15) is 12.0 Å². The Labute approximate surface area is 110 Å². The third-order valence-corrected chi connectivity index (χ3v) is 4.21. The van der Waals surface area contributed by atoms with Crippen LogP contribution in [0.5, 0.6) is 0 Å². The van der Waals surface area contributed by atoms with Crippen LogP contribution in [0.4, 0.5) is 5.69 Å². The van der Waals surface area contributed by atoms with Gasteiger partial charge in [-0.25, -0.2) is 0 Å². The molecule has 2 aliphatic heterocycles. The molecule has 1 unspecified atom stereocenters. The Hall–Kier alpha value is -1.06. The van der Waals surface area contributed by atoms with Crippen LogP contribution in [0.25, 0.3) is 0 Å². The molecule has 1 N–H and O–H groups in total. The van der Waals surface area contributed by atoms with E-state index in [0.29, 0.717) is 6.04 Å². The molecule has 3 heteroatoms. The molecule has 1 saturated heterocycles. The molecule has 0 aromatic heterocycles. The van der Waals surface area contributed by atoms with Gasteiger partial charge in [0.05, 0.1) is 0 Å². The van der Waals surface area contributed by atoms with E-state index in [0.717, 1.165) is 0 Å². The normalized spacial score (nSPS) is 25.5. The summed E-state index contributed by atoms with van der Waals surface area (Å²) in [6.07, 6.45) is 2.49. The van der Waals surface area contributed by atoms with E-state index >= 15 is 0 Å². The fraction of sp³-hybridized carbons (Fsp3) is 0.600. The summed E-state index contributed by atoms with van der Waals surface area (Å²) in [6.45, 7) is 6.06. The van der Waals surface area contributed by atoms with Crippen molar-refractivity contribution in [3.8, 4) is 0 Å². The summed E-state index contributed by atoms with van der Waals surface area (Å²) in [5, 5.41) is 3.70. The minimum Gasteiger partial charge on any atom is -0.381 e. The number of fused-ring (bicyclic) bond motifs is 1. The molecule has 3 rings (SSSR count). The molecule has 2 heterocycles. The van der Waals surface area contributed by atoms with Crippen LogP contribution in [0.3, 0.4) is 0 Å². The molecular formula is C15H23N3. The van der Waals surface area contributed by atoms with Gasteiger partial charge in [-0.15, -0.1) is 0 Å². The summed E-state index contributed by atoms with van der Waals surface area (Å²) in [5.41, 5.74) is 2.83. The van der Waals surface area contributed by atoms with Crippen LogP contribution in [-0.4, -0.2) is 55.6 Å². The van der Waals surface area contributed by atoms with Crippen LogP contribution in [0.15, 0.2) is 24.3 Å². The molecular weight excluding hydrogens is 222 g/mol. The fourth-order valence-electron chi connectivity index (χ4n) is 2.98. The van der Waals surface area contributed by atoms with E-state index in [1.54, 1.807) is 0 Å². The molecule has 0 radical (unpaired) electrons. The predicted octanol–water partition coefficient (Wildman–Crippen LogP) is 1.66. The first-order valence-corrected chi connectivity index (χ1v) is 7.06. The van der Waals surface area contributed by atoms with Crippen molar-refractivity contribution in [3.05, 3.63) is 29.8 Å². The van der Waals surface area contributed by atoms with Gasteiger partial charge in [-0.3, -0.25) is 4.90 Å². The van der Waals surface area contributed by atoms with Crippen molar-refractivity contribution >= 4 is 5.69 Å². The predicted molar refractivity (Wildman–Crippen MR) is 76.1 cm³/mol. The van der Waals surface area contributed by atoms with Crippen LogP contribution < -0.4 is 5.32 Å². The second-order valence-electron chi connectivity index (χ2n) is 5.64. The number of likely N-dealkylation sites (N-methyl/N-ethyl adjacent to an activating group) is 1. The lowest BCUT2D eigenvalue weighted by atomic mass is 9.98. The molecule has 0 saturated carbocycles. The number of hydrogen-bond acceptors (Lipinski definition) is 3. The van der Waals surface area contributed by atoms with Crippen LogP contribution >= 0.6 is 0 Å². The van der Waals surface area contributed by atoms with Gasteiger partial charge in [0, 0.05) is 44.5 Å². The average molecular weight is 245 g/mol. The van der Waals surface area contributed by atoms with Crippen LogP contribution in [0.2, 0.25) is 0 Å². The molecule has 18 heavy (non-hydrogen) atoms. The van der Waals surface area contributed by atoms with Gasteiger partial charge in [0.25, 0.3) is 0 Å². The molecule has 1 fully saturated rings. The van der Waals surface area contributed by atoms with Gasteiger partial charge < -0.3 is 10.2 Å². The Kier molecular flexibility index (Phi) is 3.52. The van der Waals surface area contributed by atoms with Crippen molar-refractivity contribution in [2.24, 2.45) is 0 Å². The average Bonchev–Trinajstić information content (AvgIpc) is 2.41. The maximum absolute atomic E-state index is 3.70. The highest BCUT2D eigenvalue weighted by Crippen LogP contribution is 2.24. The molecule has 1 atom stereocenters. The lowest BCUT2D eigenvalue weighted by Crippen LogP contribution is -2.48. The zero-order valence-electron chi connectivity index (χ0n) is 11.2. The van der Waals surface area contributed by atoms with E-state index in [2.05, 4.69) is 46.4 Å². The number of para-hydroxylation sites is 1. The highest BCUT2D eigenvalue weighted by molar-refractivity contribution is 5.53. The summed E-state index contributed by atoms with van der Waals surface area (Å²) >= 11 is 0. The van der Waals surface area contributed by atoms with Crippen molar-refractivity contribution in [1.29, 1.82) is 0 Å². The van der Waals surface area contributed by atoms with E-state index in [4.69, 9.17) is 0 Å². The smallest absolute Gasteiger partial charge is 0.0391 e. The number of hydrogen-bond donors (Lipinski definition) is 1. The first kappa shape index (κ1) is 12.0. The van der Waals surface area contributed by atoms with Crippen molar-refractivity contribution in [3.63, 3.8) is 0 Å². The Bertz CT molecular complexity index is 396. The maximum atomic E-state index is 3.70. The molecule has 0 aliphatic carbocycles. The summed E-state index contributed by atoms with van der Waals surface area (Å²) in [5.74, 6) is 0. The molecule has 1 aromatic rings. The molecule has 0 spiro atoms. The lowest BCUT2D eigenvalue weighted by molar-refractivity contribution is 0.148. The van der Waals surface area contributed by atoms with Gasteiger partial charge in [0.2, 0.25) is 0 Å². The number of benzene rings is 1. The summed E-state index contributed by atoms with van der Waals surface area (Å²) < 4.78 is 0. The SMILES string of the molecule is CN1CCN(CC2CCc3ccccc3N2)CC1. The highest BCUT2D eigenvalue weighted by Gasteiger charge is 2.21. The largest absolute Gasteiger partial charge is 0.381 e. The second kappa shape index (κ2) is 5.29. The third-order valence-electron chi connectivity index (χ3n) is 4.21. The zero-order valence-corrected chi connectivity index (χ0v) is 11.2. The van der Waals surface area contributed by atoms with E-state index in [9.17, 15) is 0 Å². The van der Waals surface area contributed by atoms with Crippen molar-refractivity contribution < 1.29 is 0 Å². The van der Waals surface area contributed by atoms with Crippen LogP contribution in [-0.2, 0) is 6.42 Å². The Balaban J connectivity index is 1.56. The van der Waals surface area contributed by atoms with Crippen LogP contribution in [0, 0.1) is 0 Å². The van der Waals surface area contributed by atoms with Gasteiger partial charge >= 0.3 is 0 Å². The number of rotatable bonds is 2. The molecule has 2 aliphatic rings. The Morgan fingerprint density at radius 3 is 2.78 bits per heavy atom. The fourth-order valence-corrected chi connectivity index (χ4v) is 2.98. The summed E-state index contributed by atoms with van der Waals surface area (Å²) in [4.78, 5) is 5.02. The molecule has 0 bridgehead atoms. The second-order valence-corrected chi connectivity index (χ2v) is 5.64. The number of nitrogens with zero attached hydrogens (tertiary/aromatic N) is 2. The minimum absolute atomic E-state index is 0.628.